The van der Waals surface area contributed by atoms with Gasteiger partial charge in [-0.3, -0.25) is 24.9 Å². The van der Waals surface area contributed by atoms with Crippen LogP contribution in [0.5, 0.6) is 5.75 Å². The van der Waals surface area contributed by atoms with Gasteiger partial charge in [0, 0.05) is 69.0 Å². The Morgan fingerprint density at radius 3 is 2.48 bits per heavy atom. The standard InChI is InChI=1S/C43H51BrFN10O4P/c1-5-26-23-35(52-43-50-25-31(44)41(54-43)51-34-10-9-33-39(49-19-18-48-33)40(34)60(3,4)58)37(59-2)24-36(26)55-20-13-29(14-21-55)47-17-16-46-15-12-27-6-7-28(22-32(27)45)30-8-11-38(56)53-42(30)57/h6-7,9-10,18-19,22-25,29-30,46-47H,5,8,11-17,20-21H2,1-4H3,(H,53,56,57)(H2,50,51,52,54). The number of carbonyl (C=O) groups is 2. The zero-order valence-electron chi connectivity index (χ0n) is 34.3. The van der Waals surface area contributed by atoms with Gasteiger partial charge in [-0.1, -0.05) is 19.1 Å². The summed E-state index contributed by atoms with van der Waals surface area (Å²) in [7, 11) is -1.12. The third-order valence-electron chi connectivity index (χ3n) is 11.0. The van der Waals surface area contributed by atoms with E-state index in [4.69, 9.17) is 9.72 Å². The molecule has 1 atom stereocenters. The van der Waals surface area contributed by atoms with Crippen LogP contribution < -0.4 is 41.5 Å². The first-order valence-electron chi connectivity index (χ1n) is 20.3. The topological polar surface area (TPSA) is 175 Å². The molecule has 2 fully saturated rings. The first-order valence-corrected chi connectivity index (χ1v) is 23.7. The highest BCUT2D eigenvalue weighted by Gasteiger charge is 2.29. The Labute approximate surface area is 357 Å². The Morgan fingerprint density at radius 1 is 0.950 bits per heavy atom. The van der Waals surface area contributed by atoms with E-state index in [1.165, 1.54) is 11.6 Å². The predicted octanol–water partition coefficient (Wildman–Crippen LogP) is 6.54. The lowest BCUT2D eigenvalue weighted by Crippen LogP contribution is -2.44. The van der Waals surface area contributed by atoms with E-state index in [9.17, 15) is 18.5 Å². The SMILES string of the molecule is CCc1cc(Nc2ncc(Br)c(Nc3ccc4nccnc4c3P(C)(C)=O)n2)c(OC)cc1N1CCC(NCCNCCc2ccc(C3CCC(=O)NC3=O)cc2F)CC1. The molecule has 2 amide bonds. The van der Waals surface area contributed by atoms with Gasteiger partial charge in [-0.25, -0.2) is 9.37 Å². The smallest absolute Gasteiger partial charge is 0.234 e. The van der Waals surface area contributed by atoms with E-state index in [-0.39, 0.29) is 24.1 Å². The number of hydrogen-bond donors (Lipinski definition) is 5. The molecular weight excluding hydrogens is 850 g/mol. The molecule has 0 spiro atoms. The fourth-order valence-corrected chi connectivity index (χ4v) is 9.60. The van der Waals surface area contributed by atoms with Crippen molar-refractivity contribution >= 4 is 80.1 Å². The molecule has 0 saturated carbocycles. The summed E-state index contributed by atoms with van der Waals surface area (Å²) in [5.41, 5.74) is 6.17. The third-order valence-corrected chi connectivity index (χ3v) is 13.1. The van der Waals surface area contributed by atoms with E-state index in [0.717, 1.165) is 56.8 Å². The van der Waals surface area contributed by atoms with Crippen molar-refractivity contribution in [2.24, 2.45) is 0 Å². The van der Waals surface area contributed by atoms with Crippen molar-refractivity contribution in [2.75, 3.05) is 68.7 Å². The second-order valence-electron chi connectivity index (χ2n) is 15.5. The van der Waals surface area contributed by atoms with Gasteiger partial charge in [0.1, 0.15) is 30.0 Å². The van der Waals surface area contributed by atoms with Crippen LogP contribution in [0.3, 0.4) is 0 Å². The van der Waals surface area contributed by atoms with Crippen molar-refractivity contribution in [2.45, 2.75) is 57.4 Å². The molecule has 60 heavy (non-hydrogen) atoms. The van der Waals surface area contributed by atoms with Gasteiger partial charge < -0.3 is 35.5 Å². The maximum Gasteiger partial charge on any atom is 0.234 e. The number of nitrogens with one attached hydrogen (secondary N) is 5. The summed E-state index contributed by atoms with van der Waals surface area (Å²) in [6.45, 7) is 9.59. The third kappa shape index (κ3) is 10.1. The number of hydrogen-bond acceptors (Lipinski definition) is 13. The van der Waals surface area contributed by atoms with Crippen molar-refractivity contribution in [1.29, 1.82) is 0 Å². The normalized spacial score (nSPS) is 16.2. The highest BCUT2D eigenvalue weighted by atomic mass is 79.9. The molecule has 1 unspecified atom stereocenters. The van der Waals surface area contributed by atoms with E-state index in [0.29, 0.717) is 80.6 Å². The van der Waals surface area contributed by atoms with Crippen LogP contribution in [0.4, 0.5) is 33.2 Å². The van der Waals surface area contributed by atoms with Crippen LogP contribution in [0, 0.1) is 5.82 Å². The maximum atomic E-state index is 14.9. The minimum Gasteiger partial charge on any atom is -0.494 e. The molecule has 7 rings (SSSR count). The van der Waals surface area contributed by atoms with Gasteiger partial charge >= 0.3 is 0 Å². The Kier molecular flexibility index (Phi) is 13.7. The molecule has 14 nitrogen and oxygen atoms in total. The van der Waals surface area contributed by atoms with Crippen LogP contribution >= 0.6 is 23.1 Å². The Balaban J connectivity index is 0.913. The number of methoxy groups -OCH3 is 1. The number of carbonyl (C=O) groups excluding carboxylic acids is 2. The molecule has 0 radical (unpaired) electrons. The number of nitrogens with zero attached hydrogens (tertiary/aromatic N) is 5. The van der Waals surface area contributed by atoms with Crippen LogP contribution in [0.2, 0.25) is 0 Å². The Morgan fingerprint density at radius 2 is 1.75 bits per heavy atom. The second kappa shape index (κ2) is 19.1. The van der Waals surface area contributed by atoms with Crippen molar-refractivity contribution < 1.29 is 23.3 Å². The van der Waals surface area contributed by atoms with Gasteiger partial charge in [-0.15, -0.1) is 0 Å². The summed E-state index contributed by atoms with van der Waals surface area (Å²) in [4.78, 5) is 44.3. The minimum atomic E-state index is -2.77. The zero-order chi connectivity index (χ0) is 42.4. The van der Waals surface area contributed by atoms with Gasteiger partial charge in [0.15, 0.2) is 0 Å². The summed E-state index contributed by atoms with van der Waals surface area (Å²) in [5, 5.41) is 16.8. The molecule has 5 aromatic rings. The van der Waals surface area contributed by atoms with Crippen molar-refractivity contribution in [3.05, 3.63) is 88.0 Å². The van der Waals surface area contributed by atoms with E-state index in [2.05, 4.69) is 81.4 Å². The zero-order valence-corrected chi connectivity index (χ0v) is 36.8. The van der Waals surface area contributed by atoms with Crippen LogP contribution in [-0.2, 0) is 27.0 Å². The molecule has 0 aliphatic carbocycles. The number of fused-ring (bicyclic) bond motifs is 1. The lowest BCUT2D eigenvalue weighted by atomic mass is 9.89. The lowest BCUT2D eigenvalue weighted by molar-refractivity contribution is -0.134. The fourth-order valence-electron chi connectivity index (χ4n) is 7.92. The van der Waals surface area contributed by atoms with Gasteiger partial charge in [0.2, 0.25) is 17.8 Å². The summed E-state index contributed by atoms with van der Waals surface area (Å²) in [6.07, 6.45) is 8.91. The lowest BCUT2D eigenvalue weighted by Gasteiger charge is -2.35. The van der Waals surface area contributed by atoms with Crippen LogP contribution in [0.15, 0.2) is 65.5 Å². The monoisotopic (exact) mass is 900 g/mol. The minimum absolute atomic E-state index is 0.267. The van der Waals surface area contributed by atoms with E-state index < -0.39 is 13.1 Å². The molecule has 5 N–H and O–H groups in total. The average Bonchev–Trinajstić information content (AvgIpc) is 3.23. The number of amides is 2. The number of piperidine rings is 2. The molecule has 2 aliphatic heterocycles. The molecule has 17 heteroatoms. The van der Waals surface area contributed by atoms with E-state index in [1.807, 2.05) is 12.1 Å². The summed E-state index contributed by atoms with van der Waals surface area (Å²) in [5.74, 6) is 0.0798. The number of benzene rings is 3. The highest BCUT2D eigenvalue weighted by molar-refractivity contribution is 9.10. The first-order chi connectivity index (χ1) is 28.9. The van der Waals surface area contributed by atoms with Gasteiger partial charge in [-0.2, -0.15) is 4.98 Å². The molecule has 3 aromatic carbocycles. The highest BCUT2D eigenvalue weighted by Crippen LogP contribution is 2.42. The molecule has 2 aromatic heterocycles. The maximum absolute atomic E-state index is 14.9. The predicted molar refractivity (Wildman–Crippen MR) is 239 cm³/mol. The van der Waals surface area contributed by atoms with E-state index in [1.54, 1.807) is 51.2 Å². The van der Waals surface area contributed by atoms with Crippen molar-refractivity contribution in [1.82, 2.24) is 35.9 Å². The van der Waals surface area contributed by atoms with Crippen molar-refractivity contribution in [3.8, 4) is 5.75 Å². The van der Waals surface area contributed by atoms with Crippen LogP contribution in [-0.4, -0.2) is 91.0 Å². The number of aromatic nitrogens is 4. The fraction of sp³-hybridized carbons (Fsp3) is 0.395. The number of rotatable bonds is 16. The van der Waals surface area contributed by atoms with Crippen molar-refractivity contribution in [3.63, 3.8) is 0 Å². The molecule has 2 saturated heterocycles. The summed E-state index contributed by atoms with van der Waals surface area (Å²) < 4.78 is 34.9. The molecular formula is C43H51BrFN10O4P. The number of anilines is 5. The summed E-state index contributed by atoms with van der Waals surface area (Å²) >= 11 is 3.58. The Hall–Kier alpha value is -5.02. The molecule has 0 bridgehead atoms. The van der Waals surface area contributed by atoms with E-state index >= 15 is 0 Å². The molecule has 2 aliphatic rings. The largest absolute Gasteiger partial charge is 0.494 e. The summed E-state index contributed by atoms with van der Waals surface area (Å²) in [6, 6.07) is 13.3. The van der Waals surface area contributed by atoms with Crippen LogP contribution in [0.25, 0.3) is 11.0 Å². The number of aryl methyl sites for hydroxylation is 1. The number of imide groups is 1. The second-order valence-corrected chi connectivity index (χ2v) is 19.5. The molecule has 4 heterocycles. The first kappa shape index (κ1) is 43.1. The number of ether oxygens (including phenoxy) is 1. The van der Waals surface area contributed by atoms with Gasteiger partial charge in [-0.05, 0) is 109 Å². The molecule has 316 valence electrons. The van der Waals surface area contributed by atoms with Gasteiger partial charge in [0.25, 0.3) is 0 Å². The number of halogens is 2. The quantitative estimate of drug-likeness (QED) is 0.0411. The van der Waals surface area contributed by atoms with Gasteiger partial charge in [0.05, 0.1) is 39.7 Å². The average molecular weight is 902 g/mol. The van der Waals surface area contributed by atoms with Crippen LogP contribution in [0.1, 0.15) is 55.2 Å². The Bertz CT molecular complexity index is 2430.